The Morgan fingerprint density at radius 3 is 2.42 bits per heavy atom. The van der Waals surface area contributed by atoms with Crippen LogP contribution < -0.4 is 20.5 Å². The second-order valence-corrected chi connectivity index (χ2v) is 13.9. The Bertz CT molecular complexity index is 2100. The molecule has 1 saturated heterocycles. The third-order valence-electron chi connectivity index (χ3n) is 10.3. The molecule has 1 aliphatic heterocycles. The SMILES string of the molecule is CCc1c(N2CCN(C(=O)c3ncnc(C)c3OCc3ccccc3)CC2)c(=O)n2nc(Br)nc2n1CC(=O)N[C@@H]1C[C@@]2(C(F)(F)C(F)(F)F)CC12. The zero-order valence-corrected chi connectivity index (χ0v) is 29.5. The first-order chi connectivity index (χ1) is 24.7. The Morgan fingerprint density at radius 2 is 1.77 bits per heavy atom. The number of halogens is 6. The molecule has 1 N–H and O–H groups in total. The molecule has 276 valence electrons. The Labute approximate surface area is 301 Å². The summed E-state index contributed by atoms with van der Waals surface area (Å²) < 4.78 is 76.0. The van der Waals surface area contributed by atoms with Crippen molar-refractivity contribution >= 4 is 39.2 Å². The summed E-state index contributed by atoms with van der Waals surface area (Å²) >= 11 is 3.18. The number of alkyl halides is 5. The lowest BCUT2D eigenvalue weighted by Crippen LogP contribution is -2.57. The number of fused-ring (bicyclic) bond motifs is 2. The number of hydrogen-bond donors (Lipinski definition) is 1. The van der Waals surface area contributed by atoms with Gasteiger partial charge in [0.15, 0.2) is 11.4 Å². The van der Waals surface area contributed by atoms with E-state index in [4.69, 9.17) is 4.74 Å². The number of amides is 2. The van der Waals surface area contributed by atoms with Crippen molar-refractivity contribution in [1.29, 1.82) is 0 Å². The number of piperazine rings is 1. The lowest BCUT2D eigenvalue weighted by molar-refractivity contribution is -0.320. The smallest absolute Gasteiger partial charge is 0.453 e. The van der Waals surface area contributed by atoms with Crippen LogP contribution in [-0.2, 0) is 24.4 Å². The maximum absolute atomic E-state index is 14.1. The molecule has 1 aromatic carbocycles. The molecule has 4 heterocycles. The molecule has 0 radical (unpaired) electrons. The number of aromatic nitrogens is 6. The van der Waals surface area contributed by atoms with Crippen LogP contribution in [0, 0.1) is 18.3 Å². The van der Waals surface area contributed by atoms with E-state index in [1.807, 2.05) is 30.3 Å². The summed E-state index contributed by atoms with van der Waals surface area (Å²) in [4.78, 5) is 57.0. The van der Waals surface area contributed by atoms with Crippen LogP contribution in [0.5, 0.6) is 5.75 Å². The molecule has 4 aromatic rings. The molecule has 2 aliphatic carbocycles. The van der Waals surface area contributed by atoms with Gasteiger partial charge >= 0.3 is 12.1 Å². The number of anilines is 1. The largest absolute Gasteiger partial charge is 0.485 e. The van der Waals surface area contributed by atoms with Gasteiger partial charge in [0.05, 0.1) is 16.8 Å². The second-order valence-electron chi connectivity index (χ2n) is 13.2. The van der Waals surface area contributed by atoms with Crippen molar-refractivity contribution in [2.75, 3.05) is 31.1 Å². The van der Waals surface area contributed by atoms with Crippen molar-refractivity contribution in [3.8, 4) is 5.75 Å². The highest BCUT2D eigenvalue weighted by atomic mass is 79.9. The van der Waals surface area contributed by atoms with Crippen LogP contribution in [0.2, 0.25) is 0 Å². The minimum Gasteiger partial charge on any atom is -0.485 e. The first-order valence-corrected chi connectivity index (χ1v) is 17.4. The summed E-state index contributed by atoms with van der Waals surface area (Å²) in [5, 5.41) is 6.78. The van der Waals surface area contributed by atoms with Crippen molar-refractivity contribution in [2.24, 2.45) is 11.3 Å². The number of ether oxygens (including phenoxy) is 1. The van der Waals surface area contributed by atoms with Gasteiger partial charge in [0.25, 0.3) is 11.5 Å². The second kappa shape index (κ2) is 13.1. The minimum absolute atomic E-state index is 0.0431. The molecule has 3 aromatic heterocycles. The zero-order valence-electron chi connectivity index (χ0n) is 28.0. The summed E-state index contributed by atoms with van der Waals surface area (Å²) in [5.41, 5.74) is -0.473. The Hall–Kier alpha value is -4.68. The maximum atomic E-state index is 14.1. The van der Waals surface area contributed by atoms with E-state index in [9.17, 15) is 36.3 Å². The molecule has 0 spiro atoms. The number of carbonyl (C=O) groups is 2. The average molecular weight is 795 g/mol. The van der Waals surface area contributed by atoms with Gasteiger partial charge in [0, 0.05) is 32.2 Å². The van der Waals surface area contributed by atoms with Gasteiger partial charge in [0.2, 0.25) is 16.4 Å². The van der Waals surface area contributed by atoms with Gasteiger partial charge in [-0.2, -0.15) is 31.5 Å². The summed E-state index contributed by atoms with van der Waals surface area (Å²) in [6, 6.07) is 8.62. The third-order valence-corrected chi connectivity index (χ3v) is 10.6. The van der Waals surface area contributed by atoms with E-state index in [-0.39, 0.29) is 79.2 Å². The molecule has 19 heteroatoms. The van der Waals surface area contributed by atoms with E-state index in [1.165, 1.54) is 10.9 Å². The van der Waals surface area contributed by atoms with E-state index in [2.05, 4.69) is 41.3 Å². The molecule has 3 fully saturated rings. The fraction of sp³-hybridized carbons (Fsp3) is 0.485. The number of rotatable bonds is 10. The third kappa shape index (κ3) is 5.95. The van der Waals surface area contributed by atoms with Crippen molar-refractivity contribution < 1.29 is 36.3 Å². The number of nitrogens with one attached hydrogen (secondary N) is 1. The molecule has 13 nitrogen and oxygen atoms in total. The molecule has 52 heavy (non-hydrogen) atoms. The van der Waals surface area contributed by atoms with Gasteiger partial charge in [-0.3, -0.25) is 14.4 Å². The fourth-order valence-corrected chi connectivity index (χ4v) is 7.81. The normalized spacial score (nSPS) is 21.5. The first kappa shape index (κ1) is 35.7. The van der Waals surface area contributed by atoms with Gasteiger partial charge < -0.3 is 24.4 Å². The van der Waals surface area contributed by atoms with Crippen molar-refractivity contribution in [1.82, 2.24) is 39.3 Å². The molecule has 3 aliphatic rings. The fourth-order valence-electron chi connectivity index (χ4n) is 7.49. The predicted molar refractivity (Wildman–Crippen MR) is 178 cm³/mol. The van der Waals surface area contributed by atoms with Crippen LogP contribution in [0.15, 0.2) is 46.2 Å². The summed E-state index contributed by atoms with van der Waals surface area (Å²) in [5.74, 6) is -6.50. The van der Waals surface area contributed by atoms with E-state index < -0.39 is 53.9 Å². The van der Waals surface area contributed by atoms with E-state index in [1.54, 1.807) is 23.6 Å². The van der Waals surface area contributed by atoms with Crippen LogP contribution in [0.1, 0.15) is 47.2 Å². The Morgan fingerprint density at radius 1 is 1.06 bits per heavy atom. The first-order valence-electron chi connectivity index (χ1n) is 16.6. The van der Waals surface area contributed by atoms with Crippen molar-refractivity contribution in [3.63, 3.8) is 0 Å². The molecule has 2 amide bonds. The Kier molecular flexibility index (Phi) is 8.98. The highest BCUT2D eigenvalue weighted by Crippen LogP contribution is 2.76. The Balaban J connectivity index is 1.08. The lowest BCUT2D eigenvalue weighted by Gasteiger charge is -2.40. The van der Waals surface area contributed by atoms with Gasteiger partial charge in [0.1, 0.15) is 25.2 Å². The summed E-state index contributed by atoms with van der Waals surface area (Å²) in [6.45, 7) is 4.25. The van der Waals surface area contributed by atoms with Crippen LogP contribution in [0.3, 0.4) is 0 Å². The van der Waals surface area contributed by atoms with Gasteiger partial charge in [-0.05, 0) is 53.6 Å². The molecule has 0 bridgehead atoms. The topological polar surface area (TPSA) is 140 Å². The molecule has 3 atom stereocenters. The molecular weight excluding hydrogens is 761 g/mol. The zero-order chi connectivity index (χ0) is 37.2. The monoisotopic (exact) mass is 793 g/mol. The predicted octanol–water partition coefficient (Wildman–Crippen LogP) is 3.95. The van der Waals surface area contributed by atoms with Gasteiger partial charge in [-0.15, -0.1) is 5.10 Å². The molecule has 1 unspecified atom stereocenters. The quantitative estimate of drug-likeness (QED) is 0.237. The minimum atomic E-state index is -5.67. The number of hydrogen-bond acceptors (Lipinski definition) is 9. The van der Waals surface area contributed by atoms with Crippen molar-refractivity contribution in [2.45, 2.75) is 64.4 Å². The summed E-state index contributed by atoms with van der Waals surface area (Å²) in [7, 11) is 0. The maximum Gasteiger partial charge on any atom is 0.453 e. The standard InChI is InChI=1S/C33H33BrF5N9O4/c1-3-22-25(45-9-11-46(12-10-45)27(50)24-26(18(2)40-17-41-24)52-16-19-7-5-4-6-8-19)28(51)48-30(43-29(34)44-48)47(22)15-23(49)42-21-14-31(13-20(21)31)32(35,36)33(37,38)39/h4-8,17,20-21H,3,9-16H2,1-2H3,(H,42,49)/t20?,21-,31+/m1/s1. The van der Waals surface area contributed by atoms with Crippen LogP contribution in [0.4, 0.5) is 27.6 Å². The lowest BCUT2D eigenvalue weighted by atomic mass is 9.75. The number of aryl methyl sites for hydroxylation is 1. The number of carbonyl (C=O) groups excluding carboxylic acids is 2. The highest BCUT2D eigenvalue weighted by Gasteiger charge is 2.85. The molecule has 2 saturated carbocycles. The summed E-state index contributed by atoms with van der Waals surface area (Å²) in [6.07, 6.45) is -4.92. The van der Waals surface area contributed by atoms with Gasteiger partial charge in [-0.1, -0.05) is 37.3 Å². The highest BCUT2D eigenvalue weighted by molar-refractivity contribution is 9.10. The molecular formula is C33H33BrF5N9O4. The van der Waals surface area contributed by atoms with Gasteiger partial charge in [-0.25, -0.2) is 9.97 Å². The van der Waals surface area contributed by atoms with Crippen LogP contribution in [0.25, 0.3) is 5.78 Å². The van der Waals surface area contributed by atoms with E-state index in [0.29, 0.717) is 11.4 Å². The van der Waals surface area contributed by atoms with Crippen LogP contribution >= 0.6 is 15.9 Å². The van der Waals surface area contributed by atoms with E-state index in [0.717, 1.165) is 10.1 Å². The number of nitrogens with zero attached hydrogens (tertiary/aromatic N) is 8. The van der Waals surface area contributed by atoms with Crippen molar-refractivity contribution in [3.05, 3.63) is 74.4 Å². The number of benzene rings is 1. The van der Waals surface area contributed by atoms with E-state index >= 15 is 0 Å². The molecule has 7 rings (SSSR count). The van der Waals surface area contributed by atoms with Crippen LogP contribution in [-0.4, -0.2) is 90.2 Å². The average Bonchev–Trinajstić information content (AvgIpc) is 3.55.